The van der Waals surface area contributed by atoms with Gasteiger partial charge >= 0.3 is 5.97 Å². The van der Waals surface area contributed by atoms with Crippen LogP contribution < -0.4 is 10.6 Å². The predicted octanol–water partition coefficient (Wildman–Crippen LogP) is 2.97. The molecule has 5 rings (SSSR count). The second-order valence-electron chi connectivity index (χ2n) is 9.15. The van der Waals surface area contributed by atoms with Crippen LogP contribution in [0.5, 0.6) is 0 Å². The van der Waals surface area contributed by atoms with E-state index in [1.165, 1.54) is 38.5 Å². The number of para-hydroxylation sites is 1. The smallest absolute Gasteiger partial charge is 0.307 e. The van der Waals surface area contributed by atoms with Crippen LogP contribution in [0.3, 0.4) is 0 Å². The Morgan fingerprint density at radius 2 is 1.57 bits per heavy atom. The number of nitrogens with one attached hydrogen (secondary N) is 2. The summed E-state index contributed by atoms with van der Waals surface area (Å²) in [6.45, 7) is -0.0907. The maximum atomic E-state index is 12.5. The first-order valence-electron chi connectivity index (χ1n) is 10.3. The summed E-state index contributed by atoms with van der Waals surface area (Å²) in [6, 6.07) is 6.83. The van der Waals surface area contributed by atoms with Crippen molar-refractivity contribution in [3.8, 4) is 0 Å². The van der Waals surface area contributed by atoms with Crippen LogP contribution in [0.15, 0.2) is 24.3 Å². The van der Waals surface area contributed by atoms with E-state index in [4.69, 9.17) is 5.11 Å². The van der Waals surface area contributed by atoms with Crippen molar-refractivity contribution in [1.82, 2.24) is 5.32 Å². The van der Waals surface area contributed by atoms with E-state index in [2.05, 4.69) is 10.6 Å². The third-order valence-electron chi connectivity index (χ3n) is 6.78. The van der Waals surface area contributed by atoms with Crippen LogP contribution in [0.4, 0.5) is 5.69 Å². The molecule has 1 aromatic carbocycles. The van der Waals surface area contributed by atoms with E-state index in [0.717, 1.165) is 17.8 Å². The fourth-order valence-electron chi connectivity index (χ4n) is 6.24. The number of rotatable bonds is 7. The summed E-state index contributed by atoms with van der Waals surface area (Å²) in [6.07, 6.45) is 7.91. The van der Waals surface area contributed by atoms with Crippen LogP contribution >= 0.6 is 0 Å². The van der Waals surface area contributed by atoms with E-state index in [-0.39, 0.29) is 30.2 Å². The molecule has 4 saturated carbocycles. The molecule has 6 heteroatoms. The normalized spacial score (nSPS) is 30.1. The lowest BCUT2D eigenvalue weighted by Crippen LogP contribution is -2.48. The molecule has 0 radical (unpaired) electrons. The number of benzene rings is 1. The minimum absolute atomic E-state index is 0.0454. The molecule has 0 unspecified atom stereocenters. The van der Waals surface area contributed by atoms with Gasteiger partial charge in [0.25, 0.3) is 0 Å². The number of carboxylic acids is 1. The molecule has 1 aromatic rings. The molecule has 0 heterocycles. The Balaban J connectivity index is 1.29. The van der Waals surface area contributed by atoms with Crippen LogP contribution in [-0.2, 0) is 20.8 Å². The number of hydrogen-bond donors (Lipinski definition) is 3. The number of amides is 2. The van der Waals surface area contributed by atoms with E-state index in [0.29, 0.717) is 17.7 Å². The largest absolute Gasteiger partial charge is 0.481 e. The Labute approximate surface area is 165 Å². The summed E-state index contributed by atoms with van der Waals surface area (Å²) in [5, 5.41) is 14.5. The molecule has 2 amide bonds. The van der Waals surface area contributed by atoms with Crippen molar-refractivity contribution in [3.05, 3.63) is 29.8 Å². The molecule has 4 aliphatic carbocycles. The zero-order valence-electron chi connectivity index (χ0n) is 16.1. The van der Waals surface area contributed by atoms with Gasteiger partial charge in [-0.05, 0) is 73.3 Å². The highest BCUT2D eigenvalue weighted by molar-refractivity contribution is 5.95. The van der Waals surface area contributed by atoms with Gasteiger partial charge in [-0.15, -0.1) is 0 Å². The average molecular weight is 384 g/mol. The van der Waals surface area contributed by atoms with Gasteiger partial charge < -0.3 is 15.7 Å². The molecule has 0 aliphatic heterocycles. The Hall–Kier alpha value is -2.37. The first-order valence-corrected chi connectivity index (χ1v) is 10.3. The Morgan fingerprint density at radius 1 is 0.964 bits per heavy atom. The number of carbonyl (C=O) groups excluding carboxylic acids is 2. The highest BCUT2D eigenvalue weighted by atomic mass is 16.4. The molecule has 4 fully saturated rings. The van der Waals surface area contributed by atoms with E-state index in [1.54, 1.807) is 24.3 Å². The molecule has 0 aromatic heterocycles. The molecular formula is C22H28N2O4. The zero-order valence-corrected chi connectivity index (χ0v) is 16.1. The number of hydrogen-bond acceptors (Lipinski definition) is 3. The summed E-state index contributed by atoms with van der Waals surface area (Å²) in [5.41, 5.74) is 1.18. The van der Waals surface area contributed by atoms with E-state index < -0.39 is 5.97 Å². The van der Waals surface area contributed by atoms with E-state index in [1.807, 2.05) is 0 Å². The summed E-state index contributed by atoms with van der Waals surface area (Å²) < 4.78 is 0. The minimum atomic E-state index is -0.953. The van der Waals surface area contributed by atoms with Gasteiger partial charge in [0, 0.05) is 12.1 Å². The van der Waals surface area contributed by atoms with Gasteiger partial charge in [-0.2, -0.15) is 0 Å². The van der Waals surface area contributed by atoms with E-state index in [9.17, 15) is 14.4 Å². The molecular weight excluding hydrogens is 356 g/mol. The van der Waals surface area contributed by atoms with Gasteiger partial charge in [0.15, 0.2) is 0 Å². The average Bonchev–Trinajstić information content (AvgIpc) is 2.60. The van der Waals surface area contributed by atoms with Crippen molar-refractivity contribution in [3.63, 3.8) is 0 Å². The van der Waals surface area contributed by atoms with Crippen molar-refractivity contribution in [2.45, 2.75) is 51.4 Å². The van der Waals surface area contributed by atoms with Gasteiger partial charge in [-0.1, -0.05) is 18.2 Å². The number of carbonyl (C=O) groups is 3. The van der Waals surface area contributed by atoms with Gasteiger partial charge in [0.05, 0.1) is 13.0 Å². The number of carboxylic acid groups (broad SMARTS) is 1. The SMILES string of the molecule is O=C(O)Cc1ccccc1NC(=O)CNC(=O)CC12CC3CC(CC(C3)C1)C2. The molecule has 150 valence electrons. The van der Waals surface area contributed by atoms with Crippen molar-refractivity contribution < 1.29 is 19.5 Å². The molecule has 3 N–H and O–H groups in total. The predicted molar refractivity (Wildman–Crippen MR) is 105 cm³/mol. The van der Waals surface area contributed by atoms with Crippen LogP contribution in [0.25, 0.3) is 0 Å². The molecule has 4 aliphatic rings. The quantitative estimate of drug-likeness (QED) is 0.673. The van der Waals surface area contributed by atoms with Crippen molar-refractivity contribution in [2.75, 3.05) is 11.9 Å². The van der Waals surface area contributed by atoms with Gasteiger partial charge in [-0.3, -0.25) is 14.4 Å². The lowest BCUT2D eigenvalue weighted by atomic mass is 9.49. The molecule has 4 bridgehead atoms. The summed E-state index contributed by atoms with van der Waals surface area (Å²) in [7, 11) is 0. The maximum Gasteiger partial charge on any atom is 0.307 e. The highest BCUT2D eigenvalue weighted by Crippen LogP contribution is 2.61. The lowest BCUT2D eigenvalue weighted by Gasteiger charge is -2.56. The van der Waals surface area contributed by atoms with Crippen LogP contribution in [-0.4, -0.2) is 29.4 Å². The third kappa shape index (κ3) is 4.21. The van der Waals surface area contributed by atoms with Crippen LogP contribution in [0, 0.1) is 23.2 Å². The number of aliphatic carboxylic acids is 1. The Kier molecular flexibility index (Phi) is 5.13. The second-order valence-corrected chi connectivity index (χ2v) is 9.15. The fourth-order valence-corrected chi connectivity index (χ4v) is 6.24. The van der Waals surface area contributed by atoms with Gasteiger partial charge in [0.1, 0.15) is 0 Å². The van der Waals surface area contributed by atoms with Crippen molar-refractivity contribution >= 4 is 23.5 Å². The van der Waals surface area contributed by atoms with E-state index >= 15 is 0 Å². The molecule has 0 saturated heterocycles. The second kappa shape index (κ2) is 7.57. The third-order valence-corrected chi connectivity index (χ3v) is 6.78. The zero-order chi connectivity index (χ0) is 19.7. The Bertz CT molecular complexity index is 753. The first-order chi connectivity index (χ1) is 13.4. The van der Waals surface area contributed by atoms with Crippen molar-refractivity contribution in [1.29, 1.82) is 0 Å². The minimum Gasteiger partial charge on any atom is -0.481 e. The molecule has 6 nitrogen and oxygen atoms in total. The van der Waals surface area contributed by atoms with Crippen molar-refractivity contribution in [2.24, 2.45) is 23.2 Å². The topological polar surface area (TPSA) is 95.5 Å². The monoisotopic (exact) mass is 384 g/mol. The molecule has 0 spiro atoms. The summed E-state index contributed by atoms with van der Waals surface area (Å²) >= 11 is 0. The standard InChI is InChI=1S/C22H28N2O4/c25-19(12-22-9-14-5-15(10-22)7-16(6-14)11-22)23-13-20(26)24-18-4-2-1-3-17(18)8-21(27)28/h1-4,14-16H,5-13H2,(H,23,25)(H,24,26)(H,27,28). The first kappa shape index (κ1) is 19.0. The fraction of sp³-hybridized carbons (Fsp3) is 0.591. The van der Waals surface area contributed by atoms with Gasteiger partial charge in [0.2, 0.25) is 11.8 Å². The Morgan fingerprint density at radius 3 is 2.18 bits per heavy atom. The molecule has 0 atom stereocenters. The van der Waals surface area contributed by atoms with Gasteiger partial charge in [-0.25, -0.2) is 0 Å². The summed E-state index contributed by atoms with van der Waals surface area (Å²) in [5.74, 6) is 1.06. The maximum absolute atomic E-state index is 12.5. The number of anilines is 1. The molecule has 28 heavy (non-hydrogen) atoms. The lowest BCUT2D eigenvalue weighted by molar-refractivity contribution is -0.136. The summed E-state index contributed by atoms with van der Waals surface area (Å²) in [4.78, 5) is 35.7. The van der Waals surface area contributed by atoms with Crippen LogP contribution in [0.1, 0.15) is 50.5 Å². The highest BCUT2D eigenvalue weighted by Gasteiger charge is 2.51. The van der Waals surface area contributed by atoms with Crippen LogP contribution in [0.2, 0.25) is 0 Å².